The molecule has 0 amide bonds. The maximum Gasteiger partial charge on any atom is 0.119 e. The van der Waals surface area contributed by atoms with E-state index in [9.17, 15) is 0 Å². The lowest BCUT2D eigenvalue weighted by Crippen LogP contribution is -2.39. The Morgan fingerprint density at radius 2 is 2.39 bits per heavy atom. The molecule has 1 fully saturated rings. The first kappa shape index (κ1) is 13.8. The van der Waals surface area contributed by atoms with Gasteiger partial charge in [0.25, 0.3) is 0 Å². The van der Waals surface area contributed by atoms with Gasteiger partial charge in [-0.2, -0.15) is 0 Å². The number of halogens is 1. The largest absolute Gasteiger partial charge is 0.497 e. The van der Waals surface area contributed by atoms with Crippen LogP contribution in [0.25, 0.3) is 0 Å². The second kappa shape index (κ2) is 6.55. The van der Waals surface area contributed by atoms with Gasteiger partial charge >= 0.3 is 0 Å². The first-order chi connectivity index (χ1) is 8.74. The Morgan fingerprint density at radius 1 is 1.56 bits per heavy atom. The van der Waals surface area contributed by atoms with Gasteiger partial charge in [-0.15, -0.1) is 0 Å². The fourth-order valence-electron chi connectivity index (χ4n) is 2.41. The molecule has 1 saturated heterocycles. The molecule has 100 valence electrons. The Balaban J connectivity index is 2.10. The van der Waals surface area contributed by atoms with Crippen LogP contribution in [0.1, 0.15) is 18.4 Å². The molecule has 1 aromatic rings. The first-order valence-electron chi connectivity index (χ1n) is 6.36. The average molecular weight is 314 g/mol. The predicted molar refractivity (Wildman–Crippen MR) is 76.2 cm³/mol. The van der Waals surface area contributed by atoms with Crippen LogP contribution in [-0.4, -0.2) is 32.9 Å². The molecule has 0 aromatic heterocycles. The van der Waals surface area contributed by atoms with Gasteiger partial charge < -0.3 is 14.8 Å². The third-order valence-electron chi connectivity index (χ3n) is 3.48. The Kier molecular flexibility index (Phi) is 5.03. The van der Waals surface area contributed by atoms with Gasteiger partial charge in [0.05, 0.1) is 13.2 Å². The number of benzene rings is 1. The summed E-state index contributed by atoms with van der Waals surface area (Å²) in [6, 6.07) is 6.45. The molecule has 1 aromatic carbocycles. The zero-order chi connectivity index (χ0) is 13.0. The second-order valence-corrected chi connectivity index (χ2v) is 5.46. The van der Waals surface area contributed by atoms with Crippen LogP contribution in [0.3, 0.4) is 0 Å². The number of likely N-dealkylation sites (N-methyl/N-ethyl adjacent to an activating group) is 1. The molecule has 0 radical (unpaired) electrons. The van der Waals surface area contributed by atoms with E-state index >= 15 is 0 Å². The van der Waals surface area contributed by atoms with Crippen LogP contribution in [-0.2, 0) is 11.2 Å². The zero-order valence-corrected chi connectivity index (χ0v) is 12.5. The Labute approximate surface area is 117 Å². The summed E-state index contributed by atoms with van der Waals surface area (Å²) in [4.78, 5) is 0. The second-order valence-electron chi connectivity index (χ2n) is 4.61. The Bertz CT molecular complexity index is 391. The van der Waals surface area contributed by atoms with Crippen LogP contribution < -0.4 is 10.1 Å². The van der Waals surface area contributed by atoms with Crippen molar-refractivity contribution in [3.8, 4) is 5.75 Å². The number of rotatable bonds is 5. The van der Waals surface area contributed by atoms with Gasteiger partial charge in [0, 0.05) is 17.1 Å². The van der Waals surface area contributed by atoms with Gasteiger partial charge in [0.15, 0.2) is 0 Å². The summed E-state index contributed by atoms with van der Waals surface area (Å²) in [5.41, 5.74) is 1.25. The fourth-order valence-corrected chi connectivity index (χ4v) is 2.82. The van der Waals surface area contributed by atoms with E-state index in [1.807, 2.05) is 19.2 Å². The minimum Gasteiger partial charge on any atom is -0.497 e. The van der Waals surface area contributed by atoms with Crippen molar-refractivity contribution in [1.29, 1.82) is 0 Å². The SMILES string of the molecule is CNC(Cc1cc(OC)ccc1Br)C1CCCO1. The van der Waals surface area contributed by atoms with Crippen LogP contribution in [0.4, 0.5) is 0 Å². The maximum atomic E-state index is 5.77. The summed E-state index contributed by atoms with van der Waals surface area (Å²) in [5.74, 6) is 0.899. The molecule has 4 heteroatoms. The topological polar surface area (TPSA) is 30.5 Å². The molecule has 0 spiro atoms. The Morgan fingerprint density at radius 3 is 3.00 bits per heavy atom. The third kappa shape index (κ3) is 3.25. The van der Waals surface area contributed by atoms with E-state index in [-0.39, 0.29) is 0 Å². The third-order valence-corrected chi connectivity index (χ3v) is 4.25. The van der Waals surface area contributed by atoms with E-state index < -0.39 is 0 Å². The Hall–Kier alpha value is -0.580. The van der Waals surface area contributed by atoms with Crippen molar-refractivity contribution in [2.75, 3.05) is 20.8 Å². The van der Waals surface area contributed by atoms with Crippen LogP contribution in [0.15, 0.2) is 22.7 Å². The zero-order valence-electron chi connectivity index (χ0n) is 10.9. The van der Waals surface area contributed by atoms with E-state index in [0.717, 1.165) is 29.7 Å². The molecule has 3 nitrogen and oxygen atoms in total. The van der Waals surface area contributed by atoms with Crippen molar-refractivity contribution < 1.29 is 9.47 Å². The molecule has 1 heterocycles. The van der Waals surface area contributed by atoms with Gasteiger partial charge in [-0.3, -0.25) is 0 Å². The van der Waals surface area contributed by atoms with Crippen molar-refractivity contribution in [1.82, 2.24) is 5.32 Å². The average Bonchev–Trinajstić information content (AvgIpc) is 2.91. The lowest BCUT2D eigenvalue weighted by molar-refractivity contribution is 0.0808. The number of hydrogen-bond donors (Lipinski definition) is 1. The first-order valence-corrected chi connectivity index (χ1v) is 7.15. The maximum absolute atomic E-state index is 5.77. The molecule has 2 atom stereocenters. The molecule has 0 aliphatic carbocycles. The molecule has 1 aliphatic rings. The molecule has 0 saturated carbocycles. The van der Waals surface area contributed by atoms with Gasteiger partial charge in [-0.05, 0) is 50.1 Å². The highest BCUT2D eigenvalue weighted by Crippen LogP contribution is 2.26. The van der Waals surface area contributed by atoms with Crippen molar-refractivity contribution in [2.24, 2.45) is 0 Å². The van der Waals surface area contributed by atoms with E-state index in [0.29, 0.717) is 12.1 Å². The monoisotopic (exact) mass is 313 g/mol. The fraction of sp³-hybridized carbons (Fsp3) is 0.571. The number of nitrogens with one attached hydrogen (secondary N) is 1. The normalized spacial score (nSPS) is 20.9. The van der Waals surface area contributed by atoms with Gasteiger partial charge in [0.2, 0.25) is 0 Å². The summed E-state index contributed by atoms with van der Waals surface area (Å²) in [7, 11) is 3.70. The van der Waals surface area contributed by atoms with Gasteiger partial charge in [-0.25, -0.2) is 0 Å². The summed E-state index contributed by atoms with van der Waals surface area (Å²) in [6.07, 6.45) is 3.59. The highest BCUT2D eigenvalue weighted by atomic mass is 79.9. The standard InChI is InChI=1S/C14H20BrNO2/c1-16-13(14-4-3-7-18-14)9-10-8-11(17-2)5-6-12(10)15/h5-6,8,13-14,16H,3-4,7,9H2,1-2H3. The van der Waals surface area contributed by atoms with Crippen LogP contribution in [0.2, 0.25) is 0 Å². The smallest absolute Gasteiger partial charge is 0.119 e. The predicted octanol–water partition coefficient (Wildman–Crippen LogP) is 2.77. The lowest BCUT2D eigenvalue weighted by Gasteiger charge is -2.23. The quantitative estimate of drug-likeness (QED) is 0.906. The molecule has 2 rings (SSSR count). The molecular formula is C14H20BrNO2. The summed E-state index contributed by atoms with van der Waals surface area (Å²) < 4.78 is 12.2. The van der Waals surface area contributed by atoms with Crippen LogP contribution in [0, 0.1) is 0 Å². The summed E-state index contributed by atoms with van der Waals surface area (Å²) in [5, 5.41) is 3.37. The molecular weight excluding hydrogens is 294 g/mol. The molecule has 18 heavy (non-hydrogen) atoms. The van der Waals surface area contributed by atoms with Crippen molar-refractivity contribution in [2.45, 2.75) is 31.4 Å². The van der Waals surface area contributed by atoms with E-state index in [2.05, 4.69) is 27.3 Å². The summed E-state index contributed by atoms with van der Waals surface area (Å²) in [6.45, 7) is 0.891. The van der Waals surface area contributed by atoms with E-state index in [4.69, 9.17) is 9.47 Å². The van der Waals surface area contributed by atoms with Crippen molar-refractivity contribution >= 4 is 15.9 Å². The van der Waals surface area contributed by atoms with Gasteiger partial charge in [-0.1, -0.05) is 15.9 Å². The highest BCUT2D eigenvalue weighted by Gasteiger charge is 2.25. The van der Waals surface area contributed by atoms with E-state index in [1.54, 1.807) is 7.11 Å². The van der Waals surface area contributed by atoms with Crippen LogP contribution in [0.5, 0.6) is 5.75 Å². The summed E-state index contributed by atoms with van der Waals surface area (Å²) >= 11 is 3.60. The molecule has 0 bridgehead atoms. The minimum atomic E-state index is 0.327. The molecule has 1 N–H and O–H groups in total. The number of ether oxygens (including phenoxy) is 2. The van der Waals surface area contributed by atoms with E-state index in [1.165, 1.54) is 12.0 Å². The molecule has 2 unspecified atom stereocenters. The minimum absolute atomic E-state index is 0.327. The van der Waals surface area contributed by atoms with Crippen LogP contribution >= 0.6 is 15.9 Å². The molecule has 1 aliphatic heterocycles. The van der Waals surface area contributed by atoms with Crippen molar-refractivity contribution in [3.05, 3.63) is 28.2 Å². The highest BCUT2D eigenvalue weighted by molar-refractivity contribution is 9.10. The van der Waals surface area contributed by atoms with Crippen molar-refractivity contribution in [3.63, 3.8) is 0 Å². The number of methoxy groups -OCH3 is 1. The number of hydrogen-bond acceptors (Lipinski definition) is 3. The lowest BCUT2D eigenvalue weighted by atomic mass is 9.99. The van der Waals surface area contributed by atoms with Gasteiger partial charge in [0.1, 0.15) is 5.75 Å².